The minimum absolute atomic E-state index is 0.177. The third-order valence-electron chi connectivity index (χ3n) is 13.4. The fraction of sp³-hybridized carbons (Fsp3) is 0.609. The van der Waals surface area contributed by atoms with Gasteiger partial charge in [-0.2, -0.15) is 94.1 Å². The van der Waals surface area contributed by atoms with E-state index in [1.54, 1.807) is 17.2 Å². The first-order chi connectivity index (χ1) is 40.3. The zero-order valence-corrected chi connectivity index (χ0v) is 55.9. The van der Waals surface area contributed by atoms with Crippen molar-refractivity contribution < 1.29 is 24.0 Å². The van der Waals surface area contributed by atoms with Crippen LogP contribution >= 0.6 is 94.1 Å². The maximum Gasteiger partial charge on any atom is 0.223 e. The Morgan fingerprint density at radius 2 is 1.11 bits per heavy atom. The molecule has 2 heterocycles. The molecule has 0 aliphatic carbocycles. The molecule has 456 valence electrons. The number of amides is 4. The summed E-state index contributed by atoms with van der Waals surface area (Å²) >= 11 is 15.4. The summed E-state index contributed by atoms with van der Waals surface area (Å²) in [5.41, 5.74) is 4.65. The van der Waals surface area contributed by atoms with Crippen LogP contribution in [0.3, 0.4) is 0 Å². The third-order valence-corrected chi connectivity index (χ3v) is 22.3. The molecule has 0 saturated carbocycles. The molecule has 82 heavy (non-hydrogen) atoms. The molecule has 0 N–H and O–H groups in total. The molecule has 3 aromatic carbocycles. The number of oxime groups is 1. The minimum atomic E-state index is 0.177. The van der Waals surface area contributed by atoms with Gasteiger partial charge >= 0.3 is 0 Å². The smallest absolute Gasteiger partial charge is 0.223 e. The first kappa shape index (κ1) is 72.0. The molecule has 0 unspecified atom stereocenters. The Labute approximate surface area is 529 Å². The summed E-state index contributed by atoms with van der Waals surface area (Å²) in [4.78, 5) is 66.4. The van der Waals surface area contributed by atoms with Gasteiger partial charge in [0.2, 0.25) is 23.6 Å². The molecule has 3 aromatic rings. The summed E-state index contributed by atoms with van der Waals surface area (Å²) in [6, 6.07) is 29.3. The molecule has 5 rings (SSSR count). The van der Waals surface area contributed by atoms with Crippen LogP contribution in [0.2, 0.25) is 0 Å². The molecular formula is C64H97N5O5S8. The monoisotopic (exact) mass is 1270 g/mol. The first-order valence-electron chi connectivity index (χ1n) is 29.9. The summed E-state index contributed by atoms with van der Waals surface area (Å²) in [6.45, 7) is 9.39. The van der Waals surface area contributed by atoms with Crippen molar-refractivity contribution in [2.24, 2.45) is 5.16 Å². The van der Waals surface area contributed by atoms with Crippen molar-refractivity contribution in [3.05, 3.63) is 120 Å². The van der Waals surface area contributed by atoms with E-state index in [1.807, 2.05) is 113 Å². The highest BCUT2D eigenvalue weighted by molar-refractivity contribution is 8.01. The zero-order chi connectivity index (χ0) is 58.2. The second-order valence-corrected chi connectivity index (χ2v) is 29.9. The van der Waals surface area contributed by atoms with Gasteiger partial charge in [0.15, 0.2) is 0 Å². The van der Waals surface area contributed by atoms with Gasteiger partial charge in [-0.05, 0) is 155 Å². The van der Waals surface area contributed by atoms with Gasteiger partial charge < -0.3 is 24.4 Å². The van der Waals surface area contributed by atoms with E-state index in [0.717, 1.165) is 200 Å². The van der Waals surface area contributed by atoms with E-state index in [-0.39, 0.29) is 23.6 Å². The maximum atomic E-state index is 13.8. The predicted octanol–water partition coefficient (Wildman–Crippen LogP) is 13.7. The lowest BCUT2D eigenvalue weighted by molar-refractivity contribution is -0.132. The summed E-state index contributed by atoms with van der Waals surface area (Å²) in [5.74, 6) is 17.2. The van der Waals surface area contributed by atoms with Gasteiger partial charge in [0.05, 0.1) is 6.21 Å². The SMILES string of the molecule is C=CCN(C)C(=O)CCSCCCSCCCN(CCc1ccccc1)C(=O)CCSCCCSCCCN1Cc2ccc(cc2)/C=N\OCCCSCCCSCCC(=O)N(CCc2ccccc2)CCCSCCCSCCC1=O. The summed E-state index contributed by atoms with van der Waals surface area (Å²) < 4.78 is 0. The predicted molar refractivity (Wildman–Crippen MR) is 371 cm³/mol. The Hall–Kier alpha value is -2.45. The van der Waals surface area contributed by atoms with Crippen molar-refractivity contribution in [3.8, 4) is 0 Å². The minimum Gasteiger partial charge on any atom is -0.396 e. The number of hydrogen-bond acceptors (Lipinski definition) is 14. The number of carbonyl (C=O) groups is 4. The molecule has 0 fully saturated rings. The van der Waals surface area contributed by atoms with Gasteiger partial charge in [-0.15, -0.1) is 6.58 Å². The Morgan fingerprint density at radius 3 is 1.73 bits per heavy atom. The lowest BCUT2D eigenvalue weighted by Gasteiger charge is -2.23. The van der Waals surface area contributed by atoms with Crippen molar-refractivity contribution in [1.29, 1.82) is 0 Å². The standard InChI is InChI=1S/C64H97N5O5S8/c1-3-32-66(2)61(70)28-51-79-47-14-43-75-39-10-33-67(36-26-57-18-6-4-7-19-57)62(71)29-52-80-48-16-45-77-41-12-35-69-56-60-24-22-59(23-25-60)55-65-74-38-13-42-78-46-17-50-81-53-30-63(72)68(37-27-58-20-8-5-9-21-58)34-11-40-76-44-15-49-82-54-31-64(69)73/h3-9,18-25,55H,1,10-17,26-54,56H2,2H3/b65-55-. The largest absolute Gasteiger partial charge is 0.396 e. The van der Waals surface area contributed by atoms with Crippen LogP contribution < -0.4 is 0 Å². The fourth-order valence-electron chi connectivity index (χ4n) is 8.68. The van der Waals surface area contributed by atoms with Gasteiger partial charge in [0.1, 0.15) is 6.61 Å². The van der Waals surface area contributed by atoms with Crippen LogP contribution in [0.25, 0.3) is 0 Å². The Bertz CT molecular complexity index is 2150. The van der Waals surface area contributed by atoms with Crippen LogP contribution in [0.4, 0.5) is 0 Å². The molecule has 0 spiro atoms. The van der Waals surface area contributed by atoms with Gasteiger partial charge in [-0.3, -0.25) is 19.2 Å². The van der Waals surface area contributed by atoms with Crippen LogP contribution in [0.5, 0.6) is 0 Å². The van der Waals surface area contributed by atoms with E-state index in [4.69, 9.17) is 4.84 Å². The van der Waals surface area contributed by atoms with E-state index in [2.05, 4.69) is 99.2 Å². The van der Waals surface area contributed by atoms with Crippen LogP contribution in [-0.4, -0.2) is 194 Å². The van der Waals surface area contributed by atoms with Gasteiger partial charge in [-0.1, -0.05) is 96.2 Å². The number of likely N-dealkylation sites (N-methyl/N-ethyl adjacent to an activating group) is 1. The lowest BCUT2D eigenvalue weighted by atomic mass is 10.1. The van der Waals surface area contributed by atoms with E-state index < -0.39 is 0 Å². The van der Waals surface area contributed by atoms with Crippen LogP contribution in [-0.2, 0) is 43.4 Å². The molecule has 10 nitrogen and oxygen atoms in total. The quantitative estimate of drug-likeness (QED) is 0.0468. The van der Waals surface area contributed by atoms with Crippen molar-refractivity contribution >= 4 is 124 Å². The molecule has 0 aromatic heterocycles. The fourth-order valence-corrected chi connectivity index (χ4v) is 16.4. The zero-order valence-electron chi connectivity index (χ0n) is 49.4. The summed E-state index contributed by atoms with van der Waals surface area (Å²) in [7, 11) is 1.83. The van der Waals surface area contributed by atoms with E-state index in [1.165, 1.54) is 11.1 Å². The second-order valence-electron chi connectivity index (χ2n) is 20.1. The molecular weight excluding hydrogens is 1180 g/mol. The normalized spacial score (nSPS) is 15.9. The van der Waals surface area contributed by atoms with Gasteiger partial charge in [-0.25, -0.2) is 0 Å². The van der Waals surface area contributed by atoms with Crippen LogP contribution in [0, 0.1) is 0 Å². The topological polar surface area (TPSA) is 103 Å². The number of benzene rings is 3. The molecule has 2 aliphatic heterocycles. The van der Waals surface area contributed by atoms with Gasteiger partial charge in [0.25, 0.3) is 0 Å². The third kappa shape index (κ3) is 36.5. The highest BCUT2D eigenvalue weighted by Crippen LogP contribution is 2.19. The average Bonchev–Trinajstić information content (AvgIpc) is 3.51. The molecule has 0 radical (unpaired) electrons. The average molecular weight is 1270 g/mol. The Balaban J connectivity index is 1.15. The highest BCUT2D eigenvalue weighted by atomic mass is 32.2. The number of thioether (sulfide) groups is 8. The molecule has 18 heteroatoms. The molecule has 0 saturated heterocycles. The number of fused-ring (bicyclic) bond motifs is 28. The maximum absolute atomic E-state index is 13.8. The van der Waals surface area contributed by atoms with Crippen molar-refractivity contribution in [2.45, 2.75) is 96.4 Å². The Kier molecular flexibility index (Phi) is 43.6. The molecule has 0 atom stereocenters. The molecule has 2 bridgehead atoms. The summed E-state index contributed by atoms with van der Waals surface area (Å²) in [5, 5.41) is 4.23. The first-order valence-corrected chi connectivity index (χ1v) is 39.2. The van der Waals surface area contributed by atoms with Crippen molar-refractivity contribution in [3.63, 3.8) is 0 Å². The number of carbonyl (C=O) groups excluding carboxylic acids is 4. The van der Waals surface area contributed by atoms with E-state index in [9.17, 15) is 19.2 Å². The van der Waals surface area contributed by atoms with E-state index in [0.29, 0.717) is 45.4 Å². The van der Waals surface area contributed by atoms with Crippen LogP contribution in [0.1, 0.15) is 99.3 Å². The second kappa shape index (κ2) is 49.6. The highest BCUT2D eigenvalue weighted by Gasteiger charge is 2.17. The van der Waals surface area contributed by atoms with E-state index >= 15 is 0 Å². The lowest BCUT2D eigenvalue weighted by Crippen LogP contribution is -2.34. The van der Waals surface area contributed by atoms with Crippen molar-refractivity contribution in [2.75, 3.05) is 145 Å². The molecule has 4 amide bonds. The Morgan fingerprint density at radius 1 is 0.585 bits per heavy atom. The summed E-state index contributed by atoms with van der Waals surface area (Å²) in [6.07, 6.45) is 16.0. The van der Waals surface area contributed by atoms with Crippen molar-refractivity contribution in [1.82, 2.24) is 19.6 Å². The van der Waals surface area contributed by atoms with Gasteiger partial charge in [0, 0.05) is 102 Å². The molecule has 2 aliphatic rings. The number of hydrogen-bond donors (Lipinski definition) is 0. The number of nitrogens with zero attached hydrogens (tertiary/aromatic N) is 5. The van der Waals surface area contributed by atoms with Crippen LogP contribution in [0.15, 0.2) is 103 Å². The number of rotatable bonds is 30.